The van der Waals surface area contributed by atoms with Crippen LogP contribution in [0.1, 0.15) is 31.2 Å². The lowest BCUT2D eigenvalue weighted by Crippen LogP contribution is -2.24. The second kappa shape index (κ2) is 6.20. The van der Waals surface area contributed by atoms with Crippen LogP contribution < -0.4 is 10.3 Å². The Morgan fingerprint density at radius 3 is 2.70 bits per heavy atom. The SMILES string of the molecule is CC(C)c1ncc2c(=O)n(C)c(OCCc3ccncc3)nn12. The fraction of sp³-hybridized carbons (Fsp3) is 0.375. The molecule has 0 aliphatic rings. The number of rotatable bonds is 5. The fourth-order valence-corrected chi connectivity index (χ4v) is 2.35. The Morgan fingerprint density at radius 2 is 2.00 bits per heavy atom. The lowest BCUT2D eigenvalue weighted by atomic mass is 10.2. The molecule has 3 aromatic rings. The Morgan fingerprint density at radius 1 is 1.26 bits per heavy atom. The largest absolute Gasteiger partial charge is 0.463 e. The monoisotopic (exact) mass is 313 g/mol. The minimum Gasteiger partial charge on any atom is -0.463 e. The fourth-order valence-electron chi connectivity index (χ4n) is 2.35. The van der Waals surface area contributed by atoms with Gasteiger partial charge < -0.3 is 4.74 Å². The molecule has 0 aromatic carbocycles. The number of hydrogen-bond acceptors (Lipinski definition) is 5. The molecule has 120 valence electrons. The van der Waals surface area contributed by atoms with Crippen molar-refractivity contribution in [3.8, 4) is 6.01 Å². The van der Waals surface area contributed by atoms with Gasteiger partial charge in [0.05, 0.1) is 12.8 Å². The van der Waals surface area contributed by atoms with E-state index in [1.165, 1.54) is 4.57 Å². The number of hydrogen-bond donors (Lipinski definition) is 0. The Hall–Kier alpha value is -2.70. The molecule has 23 heavy (non-hydrogen) atoms. The molecule has 0 saturated heterocycles. The van der Waals surface area contributed by atoms with Crippen LogP contribution in [0.25, 0.3) is 5.52 Å². The van der Waals surface area contributed by atoms with E-state index in [0.29, 0.717) is 12.1 Å². The average Bonchev–Trinajstić information content (AvgIpc) is 2.97. The van der Waals surface area contributed by atoms with E-state index in [2.05, 4.69) is 15.1 Å². The number of nitrogens with zero attached hydrogens (tertiary/aromatic N) is 5. The average molecular weight is 313 g/mol. The van der Waals surface area contributed by atoms with E-state index in [0.717, 1.165) is 17.8 Å². The summed E-state index contributed by atoms with van der Waals surface area (Å²) in [6.45, 7) is 4.46. The maximum absolute atomic E-state index is 12.4. The number of fused-ring (bicyclic) bond motifs is 1. The van der Waals surface area contributed by atoms with Crippen molar-refractivity contribution in [2.45, 2.75) is 26.2 Å². The zero-order valence-corrected chi connectivity index (χ0v) is 13.4. The zero-order chi connectivity index (χ0) is 16.4. The van der Waals surface area contributed by atoms with Gasteiger partial charge in [-0.15, -0.1) is 5.10 Å². The van der Waals surface area contributed by atoms with Gasteiger partial charge in [0, 0.05) is 31.8 Å². The number of pyridine rings is 1. The summed E-state index contributed by atoms with van der Waals surface area (Å²) in [7, 11) is 1.65. The highest BCUT2D eigenvalue weighted by molar-refractivity contribution is 5.43. The molecule has 0 aliphatic heterocycles. The summed E-state index contributed by atoms with van der Waals surface area (Å²) in [5.74, 6) is 0.915. The van der Waals surface area contributed by atoms with Crippen molar-refractivity contribution in [1.29, 1.82) is 0 Å². The molecule has 7 nitrogen and oxygen atoms in total. The Balaban J connectivity index is 1.87. The van der Waals surface area contributed by atoms with Gasteiger partial charge in [0.25, 0.3) is 5.56 Å². The van der Waals surface area contributed by atoms with Crippen LogP contribution >= 0.6 is 0 Å². The first-order chi connectivity index (χ1) is 11.1. The standard InChI is InChI=1S/C16H19N5O2/c1-11(2)14-18-10-13-15(22)20(3)16(19-21(13)14)23-9-6-12-4-7-17-8-5-12/h4-5,7-8,10-11H,6,9H2,1-3H3. The van der Waals surface area contributed by atoms with Crippen LogP contribution in [0.4, 0.5) is 0 Å². The maximum atomic E-state index is 12.4. The Bertz CT molecular complexity index is 867. The van der Waals surface area contributed by atoms with Gasteiger partial charge in [0.1, 0.15) is 5.82 Å². The molecule has 0 unspecified atom stereocenters. The second-order valence-electron chi connectivity index (χ2n) is 5.67. The van der Waals surface area contributed by atoms with Crippen molar-refractivity contribution >= 4 is 5.52 Å². The first kappa shape index (κ1) is 15.2. The second-order valence-corrected chi connectivity index (χ2v) is 5.67. The lowest BCUT2D eigenvalue weighted by Gasteiger charge is -2.11. The highest BCUT2D eigenvalue weighted by Crippen LogP contribution is 2.14. The van der Waals surface area contributed by atoms with E-state index in [-0.39, 0.29) is 17.5 Å². The third-order valence-electron chi connectivity index (χ3n) is 3.65. The van der Waals surface area contributed by atoms with E-state index in [9.17, 15) is 4.79 Å². The molecule has 3 aromatic heterocycles. The number of aromatic nitrogens is 5. The van der Waals surface area contributed by atoms with Gasteiger partial charge in [-0.3, -0.25) is 14.3 Å². The van der Waals surface area contributed by atoms with Gasteiger partial charge >= 0.3 is 6.01 Å². The van der Waals surface area contributed by atoms with Crippen molar-refractivity contribution in [2.24, 2.45) is 7.05 Å². The van der Waals surface area contributed by atoms with E-state index in [1.807, 2.05) is 26.0 Å². The third-order valence-corrected chi connectivity index (χ3v) is 3.65. The smallest absolute Gasteiger partial charge is 0.316 e. The molecule has 0 saturated carbocycles. The van der Waals surface area contributed by atoms with Gasteiger partial charge in [-0.25, -0.2) is 9.50 Å². The summed E-state index contributed by atoms with van der Waals surface area (Å²) >= 11 is 0. The minimum atomic E-state index is -0.168. The first-order valence-corrected chi connectivity index (χ1v) is 7.54. The number of imidazole rings is 1. The van der Waals surface area contributed by atoms with Crippen molar-refractivity contribution < 1.29 is 4.74 Å². The molecule has 0 radical (unpaired) electrons. The molecular formula is C16H19N5O2. The van der Waals surface area contributed by atoms with E-state index in [1.54, 1.807) is 30.2 Å². The predicted molar refractivity (Wildman–Crippen MR) is 85.8 cm³/mol. The van der Waals surface area contributed by atoms with Crippen LogP contribution in [0, 0.1) is 0 Å². The summed E-state index contributed by atoms with van der Waals surface area (Å²) < 4.78 is 8.71. The zero-order valence-electron chi connectivity index (χ0n) is 13.4. The third kappa shape index (κ3) is 2.94. The van der Waals surface area contributed by atoms with E-state index in [4.69, 9.17) is 4.74 Å². The lowest BCUT2D eigenvalue weighted by molar-refractivity contribution is 0.274. The van der Waals surface area contributed by atoms with Gasteiger partial charge in [-0.05, 0) is 17.7 Å². The molecule has 0 N–H and O–H groups in total. The van der Waals surface area contributed by atoms with Gasteiger partial charge in [0.15, 0.2) is 5.52 Å². The van der Waals surface area contributed by atoms with Crippen LogP contribution in [-0.2, 0) is 13.5 Å². The van der Waals surface area contributed by atoms with Crippen molar-refractivity contribution in [3.63, 3.8) is 0 Å². The van der Waals surface area contributed by atoms with Crippen LogP contribution in [0.3, 0.4) is 0 Å². The predicted octanol–water partition coefficient (Wildman–Crippen LogP) is 1.57. The maximum Gasteiger partial charge on any atom is 0.316 e. The Labute approximate surface area is 133 Å². The summed E-state index contributed by atoms with van der Waals surface area (Å²) in [4.78, 5) is 20.7. The van der Waals surface area contributed by atoms with Crippen molar-refractivity contribution in [1.82, 2.24) is 24.1 Å². The Kier molecular flexibility index (Phi) is 4.10. The molecule has 3 heterocycles. The van der Waals surface area contributed by atoms with Crippen molar-refractivity contribution in [3.05, 3.63) is 52.5 Å². The van der Waals surface area contributed by atoms with Gasteiger partial charge in [0.2, 0.25) is 0 Å². The quantitative estimate of drug-likeness (QED) is 0.715. The van der Waals surface area contributed by atoms with Crippen molar-refractivity contribution in [2.75, 3.05) is 6.61 Å². The van der Waals surface area contributed by atoms with Crippen LogP contribution in [0.15, 0.2) is 35.5 Å². The van der Waals surface area contributed by atoms with Gasteiger partial charge in [-0.1, -0.05) is 13.8 Å². The highest BCUT2D eigenvalue weighted by Gasteiger charge is 2.15. The molecule has 0 bridgehead atoms. The van der Waals surface area contributed by atoms with Crippen LogP contribution in [-0.4, -0.2) is 30.8 Å². The van der Waals surface area contributed by atoms with Crippen LogP contribution in [0.2, 0.25) is 0 Å². The van der Waals surface area contributed by atoms with E-state index < -0.39 is 0 Å². The normalized spacial score (nSPS) is 11.3. The topological polar surface area (TPSA) is 74.3 Å². The number of ether oxygens (including phenoxy) is 1. The summed E-state index contributed by atoms with van der Waals surface area (Å²) in [5, 5.41) is 4.43. The van der Waals surface area contributed by atoms with Gasteiger partial charge in [-0.2, -0.15) is 0 Å². The molecule has 7 heteroatoms. The molecule has 0 spiro atoms. The molecule has 0 aliphatic carbocycles. The highest BCUT2D eigenvalue weighted by atomic mass is 16.5. The summed E-state index contributed by atoms with van der Waals surface area (Å²) in [5.41, 5.74) is 1.41. The van der Waals surface area contributed by atoms with E-state index >= 15 is 0 Å². The minimum absolute atomic E-state index is 0.168. The first-order valence-electron chi connectivity index (χ1n) is 7.54. The molecule has 0 atom stereocenters. The summed E-state index contributed by atoms with van der Waals surface area (Å²) in [6.07, 6.45) is 5.77. The van der Waals surface area contributed by atoms with Crippen LogP contribution in [0.5, 0.6) is 6.01 Å². The summed E-state index contributed by atoms with van der Waals surface area (Å²) in [6, 6.07) is 4.16. The molecule has 0 amide bonds. The molecule has 3 rings (SSSR count). The molecular weight excluding hydrogens is 294 g/mol. The molecule has 0 fully saturated rings.